The summed E-state index contributed by atoms with van der Waals surface area (Å²) in [6, 6.07) is 0.225. The predicted molar refractivity (Wildman–Crippen MR) is 68.9 cm³/mol. The van der Waals surface area contributed by atoms with Crippen molar-refractivity contribution in [2.75, 3.05) is 13.6 Å². The lowest BCUT2D eigenvalue weighted by molar-refractivity contribution is 0.116. The summed E-state index contributed by atoms with van der Waals surface area (Å²) >= 11 is 0. The molecule has 2 amide bonds. The van der Waals surface area contributed by atoms with E-state index in [1.165, 1.54) is 0 Å². The van der Waals surface area contributed by atoms with Crippen LogP contribution >= 0.6 is 0 Å². The van der Waals surface area contributed by atoms with Gasteiger partial charge >= 0.3 is 6.03 Å². The molecule has 1 rings (SSSR count). The van der Waals surface area contributed by atoms with Crippen molar-refractivity contribution in [3.05, 3.63) is 12.7 Å². The zero-order valence-corrected chi connectivity index (χ0v) is 10.7. The zero-order valence-electron chi connectivity index (χ0n) is 10.7. The summed E-state index contributed by atoms with van der Waals surface area (Å²) in [4.78, 5) is 13.5. The summed E-state index contributed by atoms with van der Waals surface area (Å²) in [5.74, 6) is 0. The maximum atomic E-state index is 11.8. The third-order valence-electron chi connectivity index (χ3n) is 3.27. The van der Waals surface area contributed by atoms with Gasteiger partial charge in [0.05, 0.1) is 6.10 Å². The second kappa shape index (κ2) is 7.33. The monoisotopic (exact) mass is 240 g/mol. The van der Waals surface area contributed by atoms with Gasteiger partial charge < -0.3 is 15.3 Å². The number of carbonyl (C=O) groups excluding carboxylic acids is 1. The van der Waals surface area contributed by atoms with E-state index in [0.29, 0.717) is 0 Å². The molecular weight excluding hydrogens is 216 g/mol. The molecule has 0 aromatic carbocycles. The fraction of sp³-hybridized carbons (Fsp3) is 0.769. The highest BCUT2D eigenvalue weighted by Gasteiger charge is 2.21. The first-order chi connectivity index (χ1) is 8.13. The van der Waals surface area contributed by atoms with Gasteiger partial charge in [-0.25, -0.2) is 4.79 Å². The minimum absolute atomic E-state index is 0.00421. The average Bonchev–Trinajstić information content (AvgIpc) is 2.32. The van der Waals surface area contributed by atoms with Crippen LogP contribution in [0.4, 0.5) is 4.79 Å². The molecule has 0 spiro atoms. The van der Waals surface area contributed by atoms with Gasteiger partial charge in [0, 0.05) is 19.6 Å². The van der Waals surface area contributed by atoms with E-state index in [2.05, 4.69) is 11.9 Å². The second-order valence-electron chi connectivity index (χ2n) is 4.81. The molecule has 0 bridgehead atoms. The zero-order chi connectivity index (χ0) is 12.7. The lowest BCUT2D eigenvalue weighted by Crippen LogP contribution is -2.45. The number of amides is 2. The highest BCUT2D eigenvalue weighted by atomic mass is 16.3. The Morgan fingerprint density at radius 2 is 2.12 bits per heavy atom. The van der Waals surface area contributed by atoms with Crippen molar-refractivity contribution < 1.29 is 9.90 Å². The number of hydrogen-bond acceptors (Lipinski definition) is 2. The maximum Gasteiger partial charge on any atom is 0.317 e. The number of unbranched alkanes of at least 4 members (excludes halogenated alkanes) is 1. The van der Waals surface area contributed by atoms with Gasteiger partial charge in [-0.05, 0) is 38.5 Å². The van der Waals surface area contributed by atoms with Crippen LogP contribution in [0.25, 0.3) is 0 Å². The average molecular weight is 240 g/mol. The van der Waals surface area contributed by atoms with E-state index in [1.807, 2.05) is 13.1 Å². The van der Waals surface area contributed by atoms with Gasteiger partial charge in [-0.15, -0.1) is 6.58 Å². The van der Waals surface area contributed by atoms with Crippen LogP contribution in [0.15, 0.2) is 12.7 Å². The maximum absolute atomic E-state index is 11.8. The largest absolute Gasteiger partial charge is 0.393 e. The van der Waals surface area contributed by atoms with Gasteiger partial charge in [0.25, 0.3) is 0 Å². The quantitative estimate of drug-likeness (QED) is 0.569. The lowest BCUT2D eigenvalue weighted by Gasteiger charge is -2.28. The fourth-order valence-electron chi connectivity index (χ4n) is 2.08. The molecular formula is C13H24N2O2. The molecule has 1 aliphatic carbocycles. The van der Waals surface area contributed by atoms with Crippen molar-refractivity contribution in [1.82, 2.24) is 10.2 Å². The summed E-state index contributed by atoms with van der Waals surface area (Å²) in [6.07, 6.45) is 6.95. The summed E-state index contributed by atoms with van der Waals surface area (Å²) in [7, 11) is 1.82. The normalized spacial score (nSPS) is 24.1. The van der Waals surface area contributed by atoms with Crippen LogP contribution in [0.5, 0.6) is 0 Å². The van der Waals surface area contributed by atoms with Crippen LogP contribution in [-0.4, -0.2) is 41.8 Å². The summed E-state index contributed by atoms with van der Waals surface area (Å²) in [6.45, 7) is 4.42. The number of nitrogens with zero attached hydrogens (tertiary/aromatic N) is 1. The van der Waals surface area contributed by atoms with E-state index >= 15 is 0 Å². The van der Waals surface area contributed by atoms with Crippen LogP contribution in [0.1, 0.15) is 38.5 Å². The van der Waals surface area contributed by atoms with Crippen molar-refractivity contribution >= 4 is 6.03 Å². The van der Waals surface area contributed by atoms with Crippen molar-refractivity contribution in [3.8, 4) is 0 Å². The number of urea groups is 1. The van der Waals surface area contributed by atoms with Gasteiger partial charge in [0.1, 0.15) is 0 Å². The molecule has 0 aromatic rings. The molecule has 0 aliphatic heterocycles. The Labute approximate surface area is 104 Å². The molecule has 1 aliphatic rings. The van der Waals surface area contributed by atoms with Crippen LogP contribution in [-0.2, 0) is 0 Å². The molecule has 98 valence electrons. The van der Waals surface area contributed by atoms with Crippen molar-refractivity contribution in [2.24, 2.45) is 0 Å². The van der Waals surface area contributed by atoms with Crippen molar-refractivity contribution in [3.63, 3.8) is 0 Å². The third kappa shape index (κ3) is 5.22. The molecule has 2 N–H and O–H groups in total. The topological polar surface area (TPSA) is 52.6 Å². The smallest absolute Gasteiger partial charge is 0.317 e. The number of aliphatic hydroxyl groups excluding tert-OH is 1. The van der Waals surface area contributed by atoms with E-state index in [0.717, 1.165) is 45.1 Å². The van der Waals surface area contributed by atoms with Crippen LogP contribution in [0.3, 0.4) is 0 Å². The Balaban J connectivity index is 2.21. The van der Waals surface area contributed by atoms with Gasteiger partial charge in [-0.3, -0.25) is 0 Å². The van der Waals surface area contributed by atoms with E-state index < -0.39 is 0 Å². The van der Waals surface area contributed by atoms with Crippen LogP contribution < -0.4 is 5.32 Å². The van der Waals surface area contributed by atoms with Gasteiger partial charge in [-0.2, -0.15) is 0 Å². The van der Waals surface area contributed by atoms with E-state index in [4.69, 9.17) is 0 Å². The number of nitrogens with one attached hydrogen (secondary N) is 1. The minimum atomic E-state index is -0.173. The Kier molecular flexibility index (Phi) is 6.05. The van der Waals surface area contributed by atoms with Crippen molar-refractivity contribution in [2.45, 2.75) is 50.7 Å². The number of hydrogen-bond donors (Lipinski definition) is 2. The third-order valence-corrected chi connectivity index (χ3v) is 3.27. The standard InChI is InChI=1S/C13H24N2O2/c1-3-4-5-10-15(2)13(17)14-11-6-8-12(16)9-7-11/h3,11-12,16H,1,4-10H2,2H3,(H,14,17). The number of rotatable bonds is 5. The Morgan fingerprint density at radius 3 is 2.71 bits per heavy atom. The van der Waals surface area contributed by atoms with Crippen LogP contribution in [0.2, 0.25) is 0 Å². The van der Waals surface area contributed by atoms with Crippen LogP contribution in [0, 0.1) is 0 Å². The number of allylic oxidation sites excluding steroid dienone is 1. The Morgan fingerprint density at radius 1 is 1.47 bits per heavy atom. The summed E-state index contributed by atoms with van der Waals surface area (Å²) in [5.41, 5.74) is 0. The molecule has 4 nitrogen and oxygen atoms in total. The first kappa shape index (κ1) is 14.0. The molecule has 17 heavy (non-hydrogen) atoms. The molecule has 1 saturated carbocycles. The highest BCUT2D eigenvalue weighted by Crippen LogP contribution is 2.18. The van der Waals surface area contributed by atoms with E-state index in [-0.39, 0.29) is 18.2 Å². The van der Waals surface area contributed by atoms with Crippen molar-refractivity contribution in [1.29, 1.82) is 0 Å². The molecule has 0 unspecified atom stereocenters. The highest BCUT2D eigenvalue weighted by molar-refractivity contribution is 5.74. The summed E-state index contributed by atoms with van der Waals surface area (Å²) < 4.78 is 0. The molecule has 4 heteroatoms. The number of carbonyl (C=O) groups is 1. The Hall–Kier alpha value is -1.03. The van der Waals surface area contributed by atoms with E-state index in [9.17, 15) is 9.90 Å². The molecule has 0 atom stereocenters. The second-order valence-corrected chi connectivity index (χ2v) is 4.81. The predicted octanol–water partition coefficient (Wildman–Crippen LogP) is 1.90. The van der Waals surface area contributed by atoms with Gasteiger partial charge in [0.15, 0.2) is 0 Å². The fourth-order valence-corrected chi connectivity index (χ4v) is 2.08. The van der Waals surface area contributed by atoms with Gasteiger partial charge in [-0.1, -0.05) is 6.08 Å². The first-order valence-corrected chi connectivity index (χ1v) is 6.44. The lowest BCUT2D eigenvalue weighted by atomic mass is 9.93. The van der Waals surface area contributed by atoms with E-state index in [1.54, 1.807) is 4.90 Å². The molecule has 1 fully saturated rings. The summed E-state index contributed by atoms with van der Waals surface area (Å²) in [5, 5.41) is 12.4. The SMILES string of the molecule is C=CCCCN(C)C(=O)NC1CCC(O)CC1. The Bertz CT molecular complexity index is 248. The minimum Gasteiger partial charge on any atom is -0.393 e. The molecule has 0 aromatic heterocycles. The number of aliphatic hydroxyl groups is 1. The first-order valence-electron chi connectivity index (χ1n) is 6.44. The molecule has 0 radical (unpaired) electrons. The molecule has 0 heterocycles. The molecule has 0 saturated heterocycles. The van der Waals surface area contributed by atoms with Gasteiger partial charge in [0.2, 0.25) is 0 Å².